The van der Waals surface area contributed by atoms with E-state index in [0.717, 1.165) is 55.8 Å². The zero-order valence-corrected chi connectivity index (χ0v) is 28.4. The number of rotatable bonds is 3. The molecule has 1 N–H and O–H groups in total. The largest absolute Gasteiger partial charge is 0.507 e. The Kier molecular flexibility index (Phi) is 7.90. The Bertz CT molecular complexity index is 1990. The molecule has 0 saturated carbocycles. The van der Waals surface area contributed by atoms with Gasteiger partial charge in [-0.05, 0) is 64.1 Å². The summed E-state index contributed by atoms with van der Waals surface area (Å²) in [5.74, 6) is 0.964. The Balaban J connectivity index is 0.00000368. The van der Waals surface area contributed by atoms with Crippen LogP contribution in [0.15, 0.2) is 79.0 Å². The maximum atomic E-state index is 10.9. The molecule has 0 bridgehead atoms. The molecule has 222 valence electrons. The Labute approximate surface area is 269 Å². The van der Waals surface area contributed by atoms with Crippen molar-refractivity contribution in [3.05, 3.63) is 102 Å². The van der Waals surface area contributed by atoms with Gasteiger partial charge in [-0.2, -0.15) is 0 Å². The summed E-state index contributed by atoms with van der Waals surface area (Å²) in [6.45, 7) is 15.4. The van der Waals surface area contributed by atoms with Crippen LogP contribution >= 0.6 is 0 Å². The van der Waals surface area contributed by atoms with E-state index in [4.69, 9.17) is 9.97 Å². The van der Waals surface area contributed by atoms with Crippen molar-refractivity contribution in [3.8, 4) is 39.4 Å². The van der Waals surface area contributed by atoms with E-state index in [-0.39, 0.29) is 37.6 Å². The number of aryl methyl sites for hydroxylation is 2. The van der Waals surface area contributed by atoms with E-state index in [1.165, 1.54) is 16.5 Å². The molecule has 2 aromatic heterocycles. The average Bonchev–Trinajstić information content (AvgIpc) is 3.28. The fraction of sp³-hybridized carbons (Fsp3) is 0.263. The first kappa shape index (κ1) is 30.7. The predicted molar refractivity (Wildman–Crippen MR) is 175 cm³/mol. The quantitative estimate of drug-likeness (QED) is 0.184. The normalized spacial score (nSPS) is 12.1. The van der Waals surface area contributed by atoms with E-state index in [9.17, 15) is 5.11 Å². The number of pyridine rings is 1. The molecule has 0 unspecified atom stereocenters. The summed E-state index contributed by atoms with van der Waals surface area (Å²) in [4.78, 5) is 9.94. The Morgan fingerprint density at radius 2 is 1.37 bits per heavy atom. The number of fused-ring (bicyclic) bond motifs is 2. The number of phenolic OH excluding ortho intramolecular Hbond substituents is 1. The van der Waals surface area contributed by atoms with Gasteiger partial charge in [-0.3, -0.25) is 4.98 Å². The van der Waals surface area contributed by atoms with E-state index >= 15 is 0 Å². The van der Waals surface area contributed by atoms with Gasteiger partial charge in [0, 0.05) is 39.8 Å². The SMILES string of the molecule is Cc1ccnc2c(-c3[c-]c(-c4cccc5c4nc(-c4cc(C(C)(C)C)ccc4O)n5C)ccc3)cc(C(C)(C)C)cc12.[Pt]. The minimum atomic E-state index is -0.0462. The molecule has 0 saturated heterocycles. The van der Waals surface area contributed by atoms with Crippen LogP contribution in [0.3, 0.4) is 0 Å². The van der Waals surface area contributed by atoms with E-state index in [0.29, 0.717) is 0 Å². The standard InChI is InChI=1S/C38H38N3O.Pt/c1-23-17-18-39-34-29(23)21-27(38(5,6)7)22-30(34)25-12-9-11-24(19-25)28-13-10-14-32-35(28)40-36(41(32)8)31-20-26(37(2,3)4)15-16-33(31)42;/h9-18,20-22,42H,1-8H3;/q-1;. The number of hydrogen-bond acceptors (Lipinski definition) is 3. The number of nitrogens with zero attached hydrogens (tertiary/aromatic N) is 3. The predicted octanol–water partition coefficient (Wildman–Crippen LogP) is 9.53. The van der Waals surface area contributed by atoms with E-state index in [1.54, 1.807) is 6.07 Å². The molecule has 43 heavy (non-hydrogen) atoms. The molecule has 4 nitrogen and oxygen atoms in total. The van der Waals surface area contributed by atoms with Crippen molar-refractivity contribution < 1.29 is 26.2 Å². The summed E-state index contributed by atoms with van der Waals surface area (Å²) >= 11 is 0. The summed E-state index contributed by atoms with van der Waals surface area (Å²) < 4.78 is 2.07. The van der Waals surface area contributed by atoms with Crippen molar-refractivity contribution in [1.29, 1.82) is 0 Å². The molecule has 2 heterocycles. The van der Waals surface area contributed by atoms with Crippen LogP contribution in [0.2, 0.25) is 0 Å². The Morgan fingerprint density at radius 1 is 0.721 bits per heavy atom. The molecule has 0 spiro atoms. The van der Waals surface area contributed by atoms with Gasteiger partial charge in [-0.15, -0.1) is 35.4 Å². The van der Waals surface area contributed by atoms with Gasteiger partial charge < -0.3 is 9.67 Å². The van der Waals surface area contributed by atoms with E-state index < -0.39 is 0 Å². The van der Waals surface area contributed by atoms with Crippen LogP contribution in [0, 0.1) is 13.0 Å². The third-order valence-corrected chi connectivity index (χ3v) is 8.32. The third kappa shape index (κ3) is 5.54. The number of para-hydroxylation sites is 1. The average molecular weight is 748 g/mol. The molecule has 0 aliphatic rings. The van der Waals surface area contributed by atoms with Crippen LogP contribution in [0.1, 0.15) is 58.2 Å². The molecule has 6 aromatic rings. The van der Waals surface area contributed by atoms with Crippen molar-refractivity contribution in [2.45, 2.75) is 59.3 Å². The topological polar surface area (TPSA) is 50.9 Å². The fourth-order valence-electron chi connectivity index (χ4n) is 5.66. The van der Waals surface area contributed by atoms with Crippen LogP contribution in [-0.2, 0) is 38.9 Å². The number of hydrogen-bond donors (Lipinski definition) is 1. The molecule has 0 aliphatic carbocycles. The summed E-state index contributed by atoms with van der Waals surface area (Å²) in [5.41, 5.74) is 11.3. The minimum Gasteiger partial charge on any atom is -0.507 e. The smallest absolute Gasteiger partial charge is 0.143 e. The van der Waals surface area contributed by atoms with Crippen molar-refractivity contribution in [2.75, 3.05) is 0 Å². The number of benzene rings is 4. The van der Waals surface area contributed by atoms with Gasteiger partial charge >= 0.3 is 0 Å². The molecule has 0 aliphatic heterocycles. The molecule has 0 amide bonds. The number of phenols is 1. The van der Waals surface area contributed by atoms with Gasteiger partial charge in [-0.1, -0.05) is 83.0 Å². The summed E-state index contributed by atoms with van der Waals surface area (Å²) in [5, 5.41) is 12.0. The van der Waals surface area contributed by atoms with Crippen molar-refractivity contribution in [3.63, 3.8) is 0 Å². The molecule has 0 atom stereocenters. The number of aromatic nitrogens is 3. The molecule has 4 aromatic carbocycles. The second kappa shape index (κ2) is 11.1. The maximum absolute atomic E-state index is 10.9. The van der Waals surface area contributed by atoms with E-state index in [2.05, 4.69) is 120 Å². The minimum absolute atomic E-state index is 0. The number of imidazole rings is 1. The second-order valence-corrected chi connectivity index (χ2v) is 13.4. The fourth-order valence-corrected chi connectivity index (χ4v) is 5.66. The Morgan fingerprint density at radius 3 is 2.07 bits per heavy atom. The van der Waals surface area contributed by atoms with E-state index in [1.807, 2.05) is 19.3 Å². The molecule has 6 rings (SSSR count). The second-order valence-electron chi connectivity index (χ2n) is 13.4. The van der Waals surface area contributed by atoms with Crippen molar-refractivity contribution >= 4 is 21.9 Å². The molecule has 0 fully saturated rings. The van der Waals surface area contributed by atoms with Gasteiger partial charge in [-0.25, -0.2) is 4.98 Å². The zero-order valence-electron chi connectivity index (χ0n) is 26.1. The van der Waals surface area contributed by atoms with Crippen LogP contribution in [0.25, 0.3) is 55.6 Å². The van der Waals surface area contributed by atoms with Crippen LogP contribution in [0.4, 0.5) is 0 Å². The molecule has 5 heteroatoms. The molecular formula is C38H38N3OPt-. The third-order valence-electron chi connectivity index (χ3n) is 8.32. The van der Waals surface area contributed by atoms with Crippen LogP contribution < -0.4 is 0 Å². The Hall–Kier alpha value is -3.75. The summed E-state index contributed by atoms with van der Waals surface area (Å²) in [7, 11) is 2.01. The monoisotopic (exact) mass is 747 g/mol. The van der Waals surface area contributed by atoms with Gasteiger partial charge in [0.1, 0.15) is 11.6 Å². The van der Waals surface area contributed by atoms with Gasteiger partial charge in [0.25, 0.3) is 0 Å². The molecule has 0 radical (unpaired) electrons. The first-order valence-corrected chi connectivity index (χ1v) is 14.5. The first-order valence-electron chi connectivity index (χ1n) is 14.5. The number of aromatic hydroxyl groups is 1. The maximum Gasteiger partial charge on any atom is 0.143 e. The summed E-state index contributed by atoms with van der Waals surface area (Å²) in [6.07, 6.45) is 1.89. The van der Waals surface area contributed by atoms with Crippen LogP contribution in [0.5, 0.6) is 5.75 Å². The van der Waals surface area contributed by atoms with Crippen LogP contribution in [-0.4, -0.2) is 19.6 Å². The van der Waals surface area contributed by atoms with Crippen molar-refractivity contribution in [2.24, 2.45) is 7.05 Å². The van der Waals surface area contributed by atoms with Gasteiger partial charge in [0.05, 0.1) is 16.6 Å². The molecular weight excluding hydrogens is 710 g/mol. The van der Waals surface area contributed by atoms with Gasteiger partial charge in [0.15, 0.2) is 0 Å². The van der Waals surface area contributed by atoms with Gasteiger partial charge in [0.2, 0.25) is 0 Å². The first-order chi connectivity index (χ1) is 19.8. The zero-order chi connectivity index (χ0) is 30.0. The summed E-state index contributed by atoms with van der Waals surface area (Å²) in [6, 6.07) is 28.7. The van der Waals surface area contributed by atoms with Crippen molar-refractivity contribution in [1.82, 2.24) is 14.5 Å².